The van der Waals surface area contributed by atoms with Gasteiger partial charge in [-0.05, 0) is 31.4 Å². The number of ether oxygens (including phenoxy) is 1. The smallest absolute Gasteiger partial charge is 0.416 e. The molecule has 3 saturated heterocycles. The van der Waals surface area contributed by atoms with Gasteiger partial charge in [-0.15, -0.1) is 0 Å². The Balaban J connectivity index is 1.71. The summed E-state index contributed by atoms with van der Waals surface area (Å²) >= 11 is 0. The number of cyclic esters (lactones) is 1. The van der Waals surface area contributed by atoms with E-state index in [1.807, 2.05) is 11.8 Å². The predicted octanol–water partition coefficient (Wildman–Crippen LogP) is 1.45. The van der Waals surface area contributed by atoms with E-state index in [9.17, 15) is 24.5 Å². The number of nitro groups is 1. The van der Waals surface area contributed by atoms with Gasteiger partial charge in [0.25, 0.3) is 5.69 Å². The molecule has 1 aromatic rings. The minimum absolute atomic E-state index is 0.0152. The molecule has 152 valence electrons. The summed E-state index contributed by atoms with van der Waals surface area (Å²) in [5.74, 6) is -1.85. The summed E-state index contributed by atoms with van der Waals surface area (Å²) in [6.07, 6.45) is 0.998. The SMILES string of the molecule is C[C@@H]1[C@H]2CCCN2[C@]2(C(=O)Nc3ccc([N+](=O)[O-])cc32)[C@H]1C(=O)N1CCOC1=O. The highest BCUT2D eigenvalue weighted by Crippen LogP contribution is 2.58. The maximum absolute atomic E-state index is 13.5. The molecule has 10 nitrogen and oxygen atoms in total. The average molecular weight is 400 g/mol. The topological polar surface area (TPSA) is 122 Å². The van der Waals surface area contributed by atoms with E-state index in [1.165, 1.54) is 18.2 Å². The number of imide groups is 1. The van der Waals surface area contributed by atoms with E-state index in [2.05, 4.69) is 5.32 Å². The van der Waals surface area contributed by atoms with Crippen LogP contribution in [-0.4, -0.2) is 58.4 Å². The first-order valence-corrected chi connectivity index (χ1v) is 9.72. The van der Waals surface area contributed by atoms with Gasteiger partial charge in [0.1, 0.15) is 12.1 Å². The summed E-state index contributed by atoms with van der Waals surface area (Å²) < 4.78 is 4.94. The lowest BCUT2D eigenvalue weighted by Crippen LogP contribution is -2.55. The van der Waals surface area contributed by atoms with Crippen LogP contribution in [0.5, 0.6) is 0 Å². The molecule has 10 heteroatoms. The highest BCUT2D eigenvalue weighted by molar-refractivity contribution is 6.10. The first-order chi connectivity index (χ1) is 13.9. The minimum Gasteiger partial charge on any atom is -0.447 e. The van der Waals surface area contributed by atoms with Gasteiger partial charge in [0.15, 0.2) is 0 Å². The lowest BCUT2D eigenvalue weighted by Gasteiger charge is -2.37. The summed E-state index contributed by atoms with van der Waals surface area (Å²) in [7, 11) is 0. The Labute approximate surface area is 165 Å². The largest absolute Gasteiger partial charge is 0.447 e. The summed E-state index contributed by atoms with van der Waals surface area (Å²) in [5.41, 5.74) is -0.579. The molecular formula is C19H20N4O6. The van der Waals surface area contributed by atoms with Crippen LogP contribution in [-0.2, 0) is 19.9 Å². The minimum atomic E-state index is -1.36. The van der Waals surface area contributed by atoms with Crippen molar-refractivity contribution >= 4 is 29.3 Å². The molecule has 4 heterocycles. The van der Waals surface area contributed by atoms with Crippen molar-refractivity contribution < 1.29 is 24.0 Å². The number of nitrogens with zero attached hydrogens (tertiary/aromatic N) is 3. The van der Waals surface area contributed by atoms with Crippen LogP contribution in [0, 0.1) is 22.0 Å². The average Bonchev–Trinajstić information content (AvgIpc) is 3.42. The lowest BCUT2D eigenvalue weighted by molar-refractivity contribution is -0.385. The van der Waals surface area contributed by atoms with Crippen molar-refractivity contribution in [1.82, 2.24) is 9.80 Å². The van der Waals surface area contributed by atoms with Crippen LogP contribution < -0.4 is 5.32 Å². The fraction of sp³-hybridized carbons (Fsp3) is 0.526. The number of non-ortho nitro benzene ring substituents is 1. The highest BCUT2D eigenvalue weighted by atomic mass is 16.6. The molecule has 1 spiro atoms. The van der Waals surface area contributed by atoms with E-state index >= 15 is 0 Å². The maximum atomic E-state index is 13.5. The normalized spacial score (nSPS) is 33.0. The van der Waals surface area contributed by atoms with Gasteiger partial charge in [0, 0.05) is 29.4 Å². The zero-order chi connectivity index (χ0) is 20.5. The molecule has 4 aliphatic rings. The molecule has 0 aliphatic carbocycles. The van der Waals surface area contributed by atoms with Gasteiger partial charge < -0.3 is 10.1 Å². The van der Waals surface area contributed by atoms with Gasteiger partial charge in [-0.3, -0.25) is 24.6 Å². The van der Waals surface area contributed by atoms with E-state index < -0.39 is 28.4 Å². The van der Waals surface area contributed by atoms with E-state index in [0.717, 1.165) is 17.7 Å². The van der Waals surface area contributed by atoms with Gasteiger partial charge >= 0.3 is 6.09 Å². The van der Waals surface area contributed by atoms with Crippen molar-refractivity contribution in [3.05, 3.63) is 33.9 Å². The monoisotopic (exact) mass is 400 g/mol. The molecule has 4 atom stereocenters. The van der Waals surface area contributed by atoms with E-state index in [4.69, 9.17) is 4.74 Å². The molecule has 4 aliphatic heterocycles. The van der Waals surface area contributed by atoms with Gasteiger partial charge in [-0.2, -0.15) is 0 Å². The van der Waals surface area contributed by atoms with Crippen molar-refractivity contribution in [3.63, 3.8) is 0 Å². The Kier molecular flexibility index (Phi) is 3.73. The molecule has 3 fully saturated rings. The Hall–Kier alpha value is -3.01. The summed E-state index contributed by atoms with van der Waals surface area (Å²) in [6, 6.07) is 4.23. The van der Waals surface area contributed by atoms with E-state index in [-0.39, 0.29) is 36.7 Å². The fourth-order valence-electron chi connectivity index (χ4n) is 5.73. The van der Waals surface area contributed by atoms with Crippen LogP contribution in [0.15, 0.2) is 18.2 Å². The summed E-state index contributed by atoms with van der Waals surface area (Å²) in [5, 5.41) is 14.2. The van der Waals surface area contributed by atoms with E-state index in [1.54, 1.807) is 0 Å². The molecule has 0 unspecified atom stereocenters. The van der Waals surface area contributed by atoms with E-state index in [0.29, 0.717) is 17.8 Å². The molecule has 1 aromatic carbocycles. The Morgan fingerprint density at radius 3 is 2.83 bits per heavy atom. The van der Waals surface area contributed by atoms with Crippen LogP contribution >= 0.6 is 0 Å². The van der Waals surface area contributed by atoms with Gasteiger partial charge in [-0.1, -0.05) is 6.92 Å². The number of anilines is 1. The van der Waals surface area contributed by atoms with Crippen molar-refractivity contribution in [2.45, 2.75) is 31.3 Å². The van der Waals surface area contributed by atoms with Crippen molar-refractivity contribution in [2.24, 2.45) is 11.8 Å². The quantitative estimate of drug-likeness (QED) is 0.589. The Morgan fingerprint density at radius 1 is 1.34 bits per heavy atom. The highest BCUT2D eigenvalue weighted by Gasteiger charge is 2.69. The van der Waals surface area contributed by atoms with Crippen molar-refractivity contribution in [1.29, 1.82) is 0 Å². The third-order valence-electron chi connectivity index (χ3n) is 6.85. The first kappa shape index (κ1) is 18.0. The molecule has 0 aromatic heterocycles. The number of benzene rings is 1. The van der Waals surface area contributed by atoms with Crippen LogP contribution in [0.25, 0.3) is 0 Å². The summed E-state index contributed by atoms with van der Waals surface area (Å²) in [6.45, 7) is 2.80. The third kappa shape index (κ3) is 2.17. The molecular weight excluding hydrogens is 380 g/mol. The van der Waals surface area contributed by atoms with Gasteiger partial charge in [0.2, 0.25) is 11.8 Å². The molecule has 3 amide bonds. The molecule has 0 bridgehead atoms. The first-order valence-electron chi connectivity index (χ1n) is 9.72. The Morgan fingerprint density at radius 2 is 2.14 bits per heavy atom. The number of hydrogen-bond donors (Lipinski definition) is 1. The number of rotatable bonds is 2. The van der Waals surface area contributed by atoms with Crippen LogP contribution in [0.3, 0.4) is 0 Å². The van der Waals surface area contributed by atoms with Crippen LogP contribution in [0.4, 0.5) is 16.2 Å². The second-order valence-electron chi connectivity index (χ2n) is 8.05. The van der Waals surface area contributed by atoms with Gasteiger partial charge in [-0.25, -0.2) is 9.69 Å². The molecule has 5 rings (SSSR count). The number of hydrogen-bond acceptors (Lipinski definition) is 7. The number of carbonyl (C=O) groups is 3. The molecule has 29 heavy (non-hydrogen) atoms. The zero-order valence-corrected chi connectivity index (χ0v) is 15.8. The number of nitrogens with one attached hydrogen (secondary N) is 1. The lowest BCUT2D eigenvalue weighted by atomic mass is 9.74. The van der Waals surface area contributed by atoms with Crippen LogP contribution in [0.2, 0.25) is 0 Å². The molecule has 1 N–H and O–H groups in total. The summed E-state index contributed by atoms with van der Waals surface area (Å²) in [4.78, 5) is 53.0. The molecule has 0 radical (unpaired) electrons. The number of nitro benzene ring substituents is 1. The number of carbonyl (C=O) groups excluding carboxylic acids is 3. The zero-order valence-electron chi connectivity index (χ0n) is 15.8. The fourth-order valence-corrected chi connectivity index (χ4v) is 5.73. The van der Waals surface area contributed by atoms with Crippen molar-refractivity contribution in [2.75, 3.05) is 25.0 Å². The van der Waals surface area contributed by atoms with Crippen LogP contribution in [0.1, 0.15) is 25.3 Å². The predicted molar refractivity (Wildman–Crippen MR) is 98.8 cm³/mol. The maximum Gasteiger partial charge on any atom is 0.416 e. The third-order valence-corrected chi connectivity index (χ3v) is 6.85. The Bertz CT molecular complexity index is 964. The molecule has 0 saturated carbocycles. The second-order valence-corrected chi connectivity index (χ2v) is 8.05. The standard InChI is InChI=1S/C19H20N4O6/c1-10-14-3-2-6-22(14)19(15(10)16(24)21-7-8-29-18(21)26)12-9-11(23(27)28)4-5-13(12)20-17(19)25/h4-5,9-10,14-15H,2-3,6-8H2,1H3,(H,20,25)/t10-,14-,15-,19+/m1/s1. The number of amides is 3. The van der Waals surface area contributed by atoms with Crippen molar-refractivity contribution in [3.8, 4) is 0 Å². The number of fused-ring (bicyclic) bond motifs is 4. The second kappa shape index (κ2) is 5.99. The van der Waals surface area contributed by atoms with Gasteiger partial charge in [0.05, 0.1) is 17.4 Å².